The predicted octanol–water partition coefficient (Wildman–Crippen LogP) is 2.79. The van der Waals surface area contributed by atoms with Crippen LogP contribution in [0.1, 0.15) is 33.6 Å². The summed E-state index contributed by atoms with van der Waals surface area (Å²) in [6.45, 7) is 10.4. The number of rotatable bonds is 3. The fourth-order valence-corrected chi connectivity index (χ4v) is 2.40. The van der Waals surface area contributed by atoms with Crippen molar-refractivity contribution in [1.82, 2.24) is 0 Å². The summed E-state index contributed by atoms with van der Waals surface area (Å²) in [4.78, 5) is 10.7. The van der Waals surface area contributed by atoms with Crippen LogP contribution in [-0.4, -0.2) is 12.6 Å². The Morgan fingerprint density at radius 3 is 2.50 bits per heavy atom. The fraction of sp³-hybridized carbons (Fsp3) is 0.750. The number of carbonyl (C=O) groups excluding carboxylic acids is 1. The van der Waals surface area contributed by atoms with Crippen LogP contribution in [-0.2, 0) is 9.53 Å². The van der Waals surface area contributed by atoms with Gasteiger partial charge in [0.25, 0.3) is 0 Å². The maximum atomic E-state index is 10.7. The lowest BCUT2D eigenvalue weighted by Crippen LogP contribution is -2.18. The first-order valence-corrected chi connectivity index (χ1v) is 5.31. The molecule has 0 saturated heterocycles. The number of esters is 1. The third-order valence-electron chi connectivity index (χ3n) is 3.36. The molecule has 3 unspecified atom stereocenters. The quantitative estimate of drug-likeness (QED) is 0.512. The number of ether oxygens (including phenoxy) is 1. The smallest absolute Gasteiger partial charge is 0.302 e. The van der Waals surface area contributed by atoms with Crippen LogP contribution in [0.2, 0.25) is 0 Å². The molecule has 0 aromatic rings. The molecule has 80 valence electrons. The third kappa shape index (κ3) is 2.60. The molecular weight excluding hydrogens is 176 g/mol. The lowest BCUT2D eigenvalue weighted by atomic mass is 9.88. The standard InChI is InChI=1S/C12H20O2/c1-8(2)12-6-5-11(9(12)3)7-14-10(4)13/h9,11-12H,1,5-7H2,2-4H3. The summed E-state index contributed by atoms with van der Waals surface area (Å²) >= 11 is 0. The van der Waals surface area contributed by atoms with E-state index in [1.54, 1.807) is 0 Å². The van der Waals surface area contributed by atoms with E-state index in [-0.39, 0.29) is 5.97 Å². The van der Waals surface area contributed by atoms with Gasteiger partial charge in [0.1, 0.15) is 0 Å². The number of hydrogen-bond donors (Lipinski definition) is 0. The minimum absolute atomic E-state index is 0.170. The maximum absolute atomic E-state index is 10.7. The van der Waals surface area contributed by atoms with Crippen LogP contribution < -0.4 is 0 Å². The first kappa shape index (κ1) is 11.3. The van der Waals surface area contributed by atoms with Crippen molar-refractivity contribution in [2.45, 2.75) is 33.6 Å². The summed E-state index contributed by atoms with van der Waals surface area (Å²) in [6.07, 6.45) is 2.36. The molecule has 1 aliphatic rings. The number of hydrogen-bond acceptors (Lipinski definition) is 2. The first-order valence-electron chi connectivity index (χ1n) is 5.31. The summed E-state index contributed by atoms with van der Waals surface area (Å²) in [5, 5.41) is 0. The van der Waals surface area contributed by atoms with Crippen LogP contribution in [0.25, 0.3) is 0 Å². The molecule has 0 amide bonds. The van der Waals surface area contributed by atoms with Crippen LogP contribution in [0.15, 0.2) is 12.2 Å². The molecule has 0 bridgehead atoms. The highest BCUT2D eigenvalue weighted by molar-refractivity contribution is 5.65. The molecule has 0 N–H and O–H groups in total. The Morgan fingerprint density at radius 2 is 2.07 bits per heavy atom. The van der Waals surface area contributed by atoms with Crippen LogP contribution in [0.4, 0.5) is 0 Å². The molecule has 1 rings (SSSR count). The lowest BCUT2D eigenvalue weighted by Gasteiger charge is -2.20. The van der Waals surface area contributed by atoms with Gasteiger partial charge < -0.3 is 4.74 Å². The highest BCUT2D eigenvalue weighted by atomic mass is 16.5. The zero-order valence-electron chi connectivity index (χ0n) is 9.38. The van der Waals surface area contributed by atoms with Crippen molar-refractivity contribution >= 4 is 5.97 Å². The third-order valence-corrected chi connectivity index (χ3v) is 3.36. The first-order chi connectivity index (χ1) is 6.52. The van der Waals surface area contributed by atoms with Gasteiger partial charge in [-0.25, -0.2) is 0 Å². The van der Waals surface area contributed by atoms with Gasteiger partial charge in [0, 0.05) is 6.92 Å². The lowest BCUT2D eigenvalue weighted by molar-refractivity contribution is -0.142. The summed E-state index contributed by atoms with van der Waals surface area (Å²) in [5.41, 5.74) is 1.27. The Hall–Kier alpha value is -0.790. The van der Waals surface area contributed by atoms with E-state index in [2.05, 4.69) is 20.4 Å². The van der Waals surface area contributed by atoms with Gasteiger partial charge in [-0.3, -0.25) is 4.79 Å². The monoisotopic (exact) mass is 196 g/mol. The Kier molecular flexibility index (Phi) is 3.73. The van der Waals surface area contributed by atoms with Gasteiger partial charge in [-0.05, 0) is 37.5 Å². The van der Waals surface area contributed by atoms with Gasteiger partial charge in [0.05, 0.1) is 6.61 Å². The Balaban J connectivity index is 2.43. The van der Waals surface area contributed by atoms with Crippen molar-refractivity contribution in [2.75, 3.05) is 6.61 Å². The van der Waals surface area contributed by atoms with Crippen molar-refractivity contribution in [3.8, 4) is 0 Å². The van der Waals surface area contributed by atoms with Crippen molar-refractivity contribution in [3.63, 3.8) is 0 Å². The molecule has 0 aliphatic heterocycles. The van der Waals surface area contributed by atoms with Crippen molar-refractivity contribution < 1.29 is 9.53 Å². The molecule has 2 nitrogen and oxygen atoms in total. The second-order valence-electron chi connectivity index (χ2n) is 4.45. The van der Waals surface area contributed by atoms with E-state index in [4.69, 9.17) is 4.74 Å². The molecular formula is C12H20O2. The molecule has 0 spiro atoms. The second-order valence-corrected chi connectivity index (χ2v) is 4.45. The second kappa shape index (κ2) is 4.63. The van der Waals surface area contributed by atoms with Gasteiger partial charge in [-0.1, -0.05) is 19.1 Å². The van der Waals surface area contributed by atoms with Gasteiger partial charge in [-0.15, -0.1) is 0 Å². The molecule has 14 heavy (non-hydrogen) atoms. The number of allylic oxidation sites excluding steroid dienone is 1. The highest BCUT2D eigenvalue weighted by Gasteiger charge is 2.33. The molecule has 3 atom stereocenters. The van der Waals surface area contributed by atoms with Crippen LogP contribution >= 0.6 is 0 Å². The highest BCUT2D eigenvalue weighted by Crippen LogP contribution is 2.40. The Bertz CT molecular complexity index is 232. The Labute approximate surface area is 86.3 Å². The summed E-state index contributed by atoms with van der Waals surface area (Å²) in [6, 6.07) is 0. The van der Waals surface area contributed by atoms with E-state index in [9.17, 15) is 4.79 Å². The van der Waals surface area contributed by atoms with Crippen molar-refractivity contribution in [2.24, 2.45) is 17.8 Å². The number of carbonyl (C=O) groups is 1. The molecule has 0 heterocycles. The largest absolute Gasteiger partial charge is 0.466 e. The average molecular weight is 196 g/mol. The van der Waals surface area contributed by atoms with Gasteiger partial charge in [-0.2, -0.15) is 0 Å². The normalized spacial score (nSPS) is 31.5. The molecule has 0 radical (unpaired) electrons. The van der Waals surface area contributed by atoms with Gasteiger partial charge in [0.2, 0.25) is 0 Å². The van der Waals surface area contributed by atoms with Crippen molar-refractivity contribution in [3.05, 3.63) is 12.2 Å². The average Bonchev–Trinajstić information content (AvgIpc) is 2.43. The van der Waals surface area contributed by atoms with E-state index < -0.39 is 0 Å². The van der Waals surface area contributed by atoms with E-state index >= 15 is 0 Å². The van der Waals surface area contributed by atoms with E-state index in [0.717, 1.165) is 6.42 Å². The fourth-order valence-electron chi connectivity index (χ4n) is 2.40. The van der Waals surface area contributed by atoms with Crippen LogP contribution in [0.3, 0.4) is 0 Å². The topological polar surface area (TPSA) is 26.3 Å². The van der Waals surface area contributed by atoms with Gasteiger partial charge >= 0.3 is 5.97 Å². The molecule has 0 aromatic carbocycles. The molecule has 2 heteroatoms. The molecule has 1 fully saturated rings. The zero-order valence-corrected chi connectivity index (χ0v) is 9.38. The minimum Gasteiger partial charge on any atom is -0.466 e. The molecule has 1 aliphatic carbocycles. The summed E-state index contributed by atoms with van der Waals surface area (Å²) < 4.78 is 5.06. The minimum atomic E-state index is -0.170. The summed E-state index contributed by atoms with van der Waals surface area (Å²) in [7, 11) is 0. The SMILES string of the molecule is C=C(C)C1CCC(COC(C)=O)C1C. The predicted molar refractivity (Wildman–Crippen MR) is 56.8 cm³/mol. The van der Waals surface area contributed by atoms with E-state index in [1.165, 1.54) is 18.9 Å². The van der Waals surface area contributed by atoms with Crippen LogP contribution in [0, 0.1) is 17.8 Å². The van der Waals surface area contributed by atoms with E-state index in [1.807, 2.05) is 0 Å². The Morgan fingerprint density at radius 1 is 1.43 bits per heavy atom. The van der Waals surface area contributed by atoms with Gasteiger partial charge in [0.15, 0.2) is 0 Å². The maximum Gasteiger partial charge on any atom is 0.302 e. The molecule has 0 aromatic heterocycles. The zero-order chi connectivity index (χ0) is 10.7. The van der Waals surface area contributed by atoms with Crippen LogP contribution in [0.5, 0.6) is 0 Å². The summed E-state index contributed by atoms with van der Waals surface area (Å²) in [5.74, 6) is 1.58. The van der Waals surface area contributed by atoms with E-state index in [0.29, 0.717) is 24.4 Å². The van der Waals surface area contributed by atoms with Crippen molar-refractivity contribution in [1.29, 1.82) is 0 Å². The molecule has 1 saturated carbocycles.